The molecule has 0 fully saturated rings. The minimum Gasteiger partial charge on any atom is -0.480 e. The quantitative estimate of drug-likeness (QED) is 0.601. The molecule has 0 saturated heterocycles. The van der Waals surface area contributed by atoms with Crippen LogP contribution >= 0.6 is 11.6 Å². The fourth-order valence-electron chi connectivity index (χ4n) is 2.89. The number of benzene rings is 2. The highest BCUT2D eigenvalue weighted by molar-refractivity contribution is 6.30. The molecule has 0 radical (unpaired) electrons. The van der Waals surface area contributed by atoms with Gasteiger partial charge in [0.05, 0.1) is 18.0 Å². The lowest BCUT2D eigenvalue weighted by Crippen LogP contribution is -2.46. The first-order valence-corrected chi connectivity index (χ1v) is 9.37. The number of likely N-dealkylation sites (N-methyl/N-ethyl adjacent to an activating group) is 1. The van der Waals surface area contributed by atoms with Crippen LogP contribution in [0.4, 0.5) is 4.39 Å². The van der Waals surface area contributed by atoms with Gasteiger partial charge in [-0.05, 0) is 36.4 Å². The minimum atomic E-state index is -1.55. The summed E-state index contributed by atoms with van der Waals surface area (Å²) in [5.74, 6) is -2.98. The lowest BCUT2D eigenvalue weighted by Gasteiger charge is -2.23. The first kappa shape index (κ1) is 22.1. The summed E-state index contributed by atoms with van der Waals surface area (Å²) in [4.78, 5) is 38.1. The fourth-order valence-corrected chi connectivity index (χ4v) is 3.02. The zero-order chi connectivity index (χ0) is 22.7. The molecule has 0 bridgehead atoms. The number of aliphatic carboxylic acids is 1. The normalized spacial score (nSPS) is 11.7. The van der Waals surface area contributed by atoms with Gasteiger partial charge < -0.3 is 15.1 Å². The number of aliphatic hydroxyl groups is 1. The second-order valence-electron chi connectivity index (χ2n) is 6.60. The highest BCUT2D eigenvalue weighted by Gasteiger charge is 2.29. The predicted octanol–water partition coefficient (Wildman–Crippen LogP) is 2.21. The van der Waals surface area contributed by atoms with Crippen LogP contribution in [-0.2, 0) is 4.79 Å². The number of aromatic nitrogens is 2. The van der Waals surface area contributed by atoms with E-state index in [-0.39, 0.29) is 11.4 Å². The fraction of sp³-hybridized carbons (Fsp3) is 0.143. The first-order chi connectivity index (χ1) is 14.7. The Morgan fingerprint density at radius 2 is 1.87 bits per heavy atom. The van der Waals surface area contributed by atoms with Gasteiger partial charge in [0.15, 0.2) is 6.04 Å². The summed E-state index contributed by atoms with van der Waals surface area (Å²) in [5.41, 5.74) is -0.473. The van der Waals surface area contributed by atoms with E-state index in [1.54, 1.807) is 24.3 Å². The van der Waals surface area contributed by atoms with Crippen LogP contribution in [-0.4, -0.2) is 56.5 Å². The van der Waals surface area contributed by atoms with Crippen molar-refractivity contribution in [1.29, 1.82) is 0 Å². The van der Waals surface area contributed by atoms with Gasteiger partial charge in [-0.25, -0.2) is 9.18 Å². The van der Waals surface area contributed by atoms with Crippen LogP contribution < -0.4 is 5.56 Å². The molecule has 160 valence electrons. The number of carboxylic acid groups (broad SMARTS) is 1. The van der Waals surface area contributed by atoms with Gasteiger partial charge in [0.1, 0.15) is 11.4 Å². The standard InChI is InChI=1S/C21H17ClFN3O5/c1-25(18(11-27)21(30)31)19(28)16-10-17(12-5-7-13(22)8-6-12)24-26(20(16)29)15-4-2-3-14(23)9-15/h2-10,18,27H,11H2,1H3,(H,30,31). The third kappa shape index (κ3) is 4.62. The molecule has 31 heavy (non-hydrogen) atoms. The summed E-state index contributed by atoms with van der Waals surface area (Å²) >= 11 is 5.92. The average molecular weight is 446 g/mol. The smallest absolute Gasteiger partial charge is 0.328 e. The Morgan fingerprint density at radius 3 is 2.45 bits per heavy atom. The lowest BCUT2D eigenvalue weighted by atomic mass is 10.1. The van der Waals surface area contributed by atoms with Gasteiger partial charge >= 0.3 is 5.97 Å². The van der Waals surface area contributed by atoms with Gasteiger partial charge in [-0.3, -0.25) is 9.59 Å². The number of hydrogen-bond donors (Lipinski definition) is 2. The van der Waals surface area contributed by atoms with Crippen molar-refractivity contribution < 1.29 is 24.2 Å². The molecule has 2 aromatic carbocycles. The molecule has 8 nitrogen and oxygen atoms in total. The molecule has 0 aliphatic heterocycles. The molecule has 1 amide bonds. The monoisotopic (exact) mass is 445 g/mol. The van der Waals surface area contributed by atoms with Crippen LogP contribution in [0, 0.1) is 5.82 Å². The zero-order valence-electron chi connectivity index (χ0n) is 16.2. The molecular formula is C21H17ClFN3O5. The predicted molar refractivity (Wildman–Crippen MR) is 111 cm³/mol. The minimum absolute atomic E-state index is 0.0782. The Hall–Kier alpha value is -3.56. The molecule has 0 saturated carbocycles. The zero-order valence-corrected chi connectivity index (χ0v) is 17.0. The number of halogens is 2. The van der Waals surface area contributed by atoms with Crippen LogP contribution in [0.2, 0.25) is 5.02 Å². The summed E-state index contributed by atoms with van der Waals surface area (Å²) in [6, 6.07) is 11.2. The topological polar surface area (TPSA) is 113 Å². The highest BCUT2D eigenvalue weighted by atomic mass is 35.5. The molecule has 0 aliphatic rings. The molecule has 1 aromatic heterocycles. The van der Waals surface area contributed by atoms with Gasteiger partial charge in [-0.2, -0.15) is 9.78 Å². The van der Waals surface area contributed by atoms with Crippen molar-refractivity contribution in [3.63, 3.8) is 0 Å². The van der Waals surface area contributed by atoms with Crippen molar-refractivity contribution in [1.82, 2.24) is 14.7 Å². The third-order valence-corrected chi connectivity index (χ3v) is 4.83. The third-order valence-electron chi connectivity index (χ3n) is 4.58. The van der Waals surface area contributed by atoms with E-state index < -0.39 is 41.5 Å². The molecular weight excluding hydrogens is 429 g/mol. The number of carboxylic acids is 1. The van der Waals surface area contributed by atoms with E-state index >= 15 is 0 Å². The SMILES string of the molecule is CN(C(=O)c1cc(-c2ccc(Cl)cc2)nn(-c2cccc(F)c2)c1=O)C(CO)C(=O)O. The van der Waals surface area contributed by atoms with E-state index in [1.807, 2.05) is 0 Å². The van der Waals surface area contributed by atoms with Crippen molar-refractivity contribution in [2.45, 2.75) is 6.04 Å². The summed E-state index contributed by atoms with van der Waals surface area (Å²) in [6.45, 7) is -0.842. The number of carbonyl (C=O) groups is 2. The number of rotatable bonds is 6. The van der Waals surface area contributed by atoms with Gasteiger partial charge in [-0.15, -0.1) is 0 Å². The first-order valence-electron chi connectivity index (χ1n) is 9.00. The average Bonchev–Trinajstić information content (AvgIpc) is 2.74. The molecule has 1 unspecified atom stereocenters. The van der Waals surface area contributed by atoms with Crippen molar-refractivity contribution in [2.75, 3.05) is 13.7 Å². The molecule has 3 aromatic rings. The molecule has 10 heteroatoms. The number of nitrogens with zero attached hydrogens (tertiary/aromatic N) is 3. The number of amides is 1. The number of carbonyl (C=O) groups excluding carboxylic acids is 1. The maximum absolute atomic E-state index is 13.8. The maximum Gasteiger partial charge on any atom is 0.328 e. The Labute approximate surface area is 180 Å². The molecule has 2 N–H and O–H groups in total. The summed E-state index contributed by atoms with van der Waals surface area (Å²) in [6.07, 6.45) is 0. The van der Waals surface area contributed by atoms with E-state index in [2.05, 4.69) is 5.10 Å². The van der Waals surface area contributed by atoms with Gasteiger partial charge in [-0.1, -0.05) is 29.8 Å². The Morgan fingerprint density at radius 1 is 1.19 bits per heavy atom. The maximum atomic E-state index is 13.8. The van der Waals surface area contributed by atoms with Crippen molar-refractivity contribution in [3.8, 4) is 16.9 Å². The van der Waals surface area contributed by atoms with Gasteiger partial charge in [0, 0.05) is 17.6 Å². The second-order valence-corrected chi connectivity index (χ2v) is 7.04. The van der Waals surface area contributed by atoms with Crippen molar-refractivity contribution in [2.24, 2.45) is 0 Å². The van der Waals surface area contributed by atoms with Crippen LogP contribution in [0.3, 0.4) is 0 Å². The van der Waals surface area contributed by atoms with Crippen molar-refractivity contribution >= 4 is 23.5 Å². The number of hydrogen-bond acceptors (Lipinski definition) is 5. The Kier molecular flexibility index (Phi) is 6.47. The second kappa shape index (κ2) is 9.07. The van der Waals surface area contributed by atoms with Crippen LogP contribution in [0.25, 0.3) is 16.9 Å². The molecule has 1 heterocycles. The Bertz CT molecular complexity index is 1200. The molecule has 0 aliphatic carbocycles. The largest absolute Gasteiger partial charge is 0.480 e. The summed E-state index contributed by atoms with van der Waals surface area (Å²) in [5, 5.41) is 23.3. The van der Waals surface area contributed by atoms with Crippen LogP contribution in [0.1, 0.15) is 10.4 Å². The van der Waals surface area contributed by atoms with E-state index in [1.165, 1.54) is 24.3 Å². The molecule has 0 spiro atoms. The van der Waals surface area contributed by atoms with Gasteiger partial charge in [0.25, 0.3) is 11.5 Å². The van der Waals surface area contributed by atoms with E-state index in [0.29, 0.717) is 10.6 Å². The lowest BCUT2D eigenvalue weighted by molar-refractivity contribution is -0.143. The Balaban J connectivity index is 2.22. The summed E-state index contributed by atoms with van der Waals surface area (Å²) < 4.78 is 14.6. The van der Waals surface area contributed by atoms with E-state index in [4.69, 9.17) is 11.6 Å². The van der Waals surface area contributed by atoms with Gasteiger partial charge in [0.2, 0.25) is 0 Å². The van der Waals surface area contributed by atoms with Crippen LogP contribution in [0.15, 0.2) is 59.4 Å². The molecule has 1 atom stereocenters. The molecule has 3 rings (SSSR count). The van der Waals surface area contributed by atoms with Crippen molar-refractivity contribution in [3.05, 3.63) is 81.4 Å². The highest BCUT2D eigenvalue weighted by Crippen LogP contribution is 2.21. The van der Waals surface area contributed by atoms with E-state index in [9.17, 15) is 29.0 Å². The summed E-state index contributed by atoms with van der Waals surface area (Å²) in [7, 11) is 1.16. The van der Waals surface area contributed by atoms with Crippen LogP contribution in [0.5, 0.6) is 0 Å². The number of aliphatic hydroxyl groups excluding tert-OH is 1. The van der Waals surface area contributed by atoms with E-state index in [0.717, 1.165) is 22.7 Å².